The van der Waals surface area contributed by atoms with Crippen molar-refractivity contribution in [3.05, 3.63) is 46.3 Å². The molecule has 0 saturated heterocycles. The van der Waals surface area contributed by atoms with E-state index in [4.69, 9.17) is 17.3 Å². The van der Waals surface area contributed by atoms with Gasteiger partial charge in [-0.15, -0.1) is 11.3 Å². The summed E-state index contributed by atoms with van der Waals surface area (Å²) < 4.78 is 1.25. The predicted octanol–water partition coefficient (Wildman–Crippen LogP) is 4.57. The van der Waals surface area contributed by atoms with Crippen molar-refractivity contribution in [1.82, 2.24) is 0 Å². The molecular formula is C12H12ClNS2. The fraction of sp³-hybridized carbons (Fsp3) is 0.167. The maximum atomic E-state index is 6.22. The molecule has 0 aliphatic heterocycles. The van der Waals surface area contributed by atoms with E-state index in [1.54, 1.807) is 23.1 Å². The molecule has 1 nitrogen and oxygen atoms in total. The van der Waals surface area contributed by atoms with E-state index in [0.717, 1.165) is 15.5 Å². The van der Waals surface area contributed by atoms with E-state index >= 15 is 0 Å². The highest BCUT2D eigenvalue weighted by atomic mass is 35.5. The third kappa shape index (κ3) is 2.80. The molecule has 0 radical (unpaired) electrons. The van der Waals surface area contributed by atoms with Crippen molar-refractivity contribution in [1.29, 1.82) is 0 Å². The van der Waals surface area contributed by atoms with Gasteiger partial charge in [-0.05, 0) is 36.1 Å². The van der Waals surface area contributed by atoms with Gasteiger partial charge in [-0.1, -0.05) is 35.5 Å². The van der Waals surface area contributed by atoms with Crippen LogP contribution in [0.3, 0.4) is 0 Å². The minimum absolute atomic E-state index is 0.0262. The van der Waals surface area contributed by atoms with Crippen LogP contribution in [0.4, 0.5) is 0 Å². The van der Waals surface area contributed by atoms with Gasteiger partial charge in [-0.25, -0.2) is 0 Å². The smallest absolute Gasteiger partial charge is 0.0646 e. The number of nitrogens with two attached hydrogens (primary N) is 1. The summed E-state index contributed by atoms with van der Waals surface area (Å²) in [6.45, 7) is 1.96. The Bertz CT molecular complexity index is 466. The van der Waals surface area contributed by atoms with Crippen molar-refractivity contribution < 1.29 is 0 Å². The van der Waals surface area contributed by atoms with Crippen molar-refractivity contribution in [2.24, 2.45) is 5.73 Å². The first kappa shape index (κ1) is 12.0. The summed E-state index contributed by atoms with van der Waals surface area (Å²) >= 11 is 9.62. The number of thiophene rings is 1. The maximum absolute atomic E-state index is 6.22. The van der Waals surface area contributed by atoms with Crippen LogP contribution in [0.1, 0.15) is 18.5 Å². The van der Waals surface area contributed by atoms with Gasteiger partial charge in [0.25, 0.3) is 0 Å². The lowest BCUT2D eigenvalue weighted by molar-refractivity contribution is 0.817. The van der Waals surface area contributed by atoms with E-state index in [1.165, 1.54) is 4.21 Å². The minimum Gasteiger partial charge on any atom is -0.324 e. The average molecular weight is 270 g/mol. The molecular weight excluding hydrogens is 258 g/mol. The summed E-state index contributed by atoms with van der Waals surface area (Å²) in [5.74, 6) is 0. The van der Waals surface area contributed by atoms with Crippen LogP contribution < -0.4 is 5.73 Å². The molecule has 0 aliphatic rings. The van der Waals surface area contributed by atoms with Crippen LogP contribution in [0.15, 0.2) is 44.8 Å². The van der Waals surface area contributed by atoms with Gasteiger partial charge in [0.05, 0.1) is 9.23 Å². The van der Waals surface area contributed by atoms with Crippen LogP contribution in [0.25, 0.3) is 0 Å². The van der Waals surface area contributed by atoms with E-state index in [9.17, 15) is 0 Å². The topological polar surface area (TPSA) is 26.0 Å². The summed E-state index contributed by atoms with van der Waals surface area (Å²) in [5, 5.41) is 2.83. The van der Waals surface area contributed by atoms with Crippen molar-refractivity contribution in [3.8, 4) is 0 Å². The number of rotatable bonds is 3. The average Bonchev–Trinajstić information content (AvgIpc) is 2.73. The Kier molecular flexibility index (Phi) is 3.92. The molecule has 0 bridgehead atoms. The van der Waals surface area contributed by atoms with Crippen LogP contribution in [-0.2, 0) is 0 Å². The second-order valence-corrected chi connectivity index (χ2v) is 6.21. The second kappa shape index (κ2) is 5.23. The van der Waals surface area contributed by atoms with Crippen LogP contribution >= 0.6 is 34.7 Å². The molecule has 0 spiro atoms. The van der Waals surface area contributed by atoms with E-state index in [1.807, 2.05) is 31.2 Å². The lowest BCUT2D eigenvalue weighted by Gasteiger charge is -2.08. The van der Waals surface area contributed by atoms with Crippen molar-refractivity contribution in [2.75, 3.05) is 0 Å². The first-order chi connectivity index (χ1) is 7.66. The van der Waals surface area contributed by atoms with Crippen LogP contribution in [0, 0.1) is 0 Å². The molecule has 1 heterocycles. The number of hydrogen-bond donors (Lipinski definition) is 1. The van der Waals surface area contributed by atoms with Gasteiger partial charge in [0.1, 0.15) is 0 Å². The van der Waals surface area contributed by atoms with Crippen molar-refractivity contribution in [3.63, 3.8) is 0 Å². The molecule has 1 aromatic carbocycles. The summed E-state index contributed by atoms with van der Waals surface area (Å²) in [4.78, 5) is 1.08. The zero-order chi connectivity index (χ0) is 11.5. The fourth-order valence-corrected chi connectivity index (χ4v) is 3.35. The lowest BCUT2D eigenvalue weighted by Crippen LogP contribution is -2.04. The quantitative estimate of drug-likeness (QED) is 0.883. The molecule has 0 aliphatic carbocycles. The van der Waals surface area contributed by atoms with Gasteiger partial charge >= 0.3 is 0 Å². The monoisotopic (exact) mass is 269 g/mol. The number of benzene rings is 1. The molecule has 1 aromatic heterocycles. The lowest BCUT2D eigenvalue weighted by atomic mass is 10.1. The minimum atomic E-state index is 0.0262. The molecule has 1 unspecified atom stereocenters. The van der Waals surface area contributed by atoms with E-state index in [-0.39, 0.29) is 6.04 Å². The number of halogens is 1. The first-order valence-corrected chi connectivity index (χ1v) is 7.00. The Morgan fingerprint density at radius 2 is 2.19 bits per heavy atom. The summed E-state index contributed by atoms with van der Waals surface area (Å²) in [5.41, 5.74) is 6.88. The fourth-order valence-electron chi connectivity index (χ4n) is 1.31. The standard InChI is InChI=1S/C12H12ClNS2/c1-8(14)9-4-5-11(10(13)7-9)16-12-3-2-6-15-12/h2-8H,14H2,1H3. The molecule has 1 atom stereocenters. The third-order valence-electron chi connectivity index (χ3n) is 2.19. The first-order valence-electron chi connectivity index (χ1n) is 4.93. The largest absolute Gasteiger partial charge is 0.324 e. The molecule has 84 valence electrons. The summed E-state index contributed by atoms with van der Waals surface area (Å²) in [7, 11) is 0. The summed E-state index contributed by atoms with van der Waals surface area (Å²) in [6.07, 6.45) is 0. The van der Waals surface area contributed by atoms with E-state index in [0.29, 0.717) is 0 Å². The highest BCUT2D eigenvalue weighted by Crippen LogP contribution is 2.36. The molecule has 2 N–H and O–H groups in total. The van der Waals surface area contributed by atoms with Crippen molar-refractivity contribution >= 4 is 34.7 Å². The molecule has 2 aromatic rings. The SMILES string of the molecule is CC(N)c1ccc(Sc2cccs2)c(Cl)c1. The normalized spacial score (nSPS) is 12.7. The van der Waals surface area contributed by atoms with Crippen LogP contribution in [0.2, 0.25) is 5.02 Å². The molecule has 16 heavy (non-hydrogen) atoms. The Labute approximate surface area is 109 Å². The van der Waals surface area contributed by atoms with Gasteiger partial charge in [0.15, 0.2) is 0 Å². The molecule has 4 heteroatoms. The third-order valence-corrected chi connectivity index (χ3v) is 4.73. The highest BCUT2D eigenvalue weighted by Gasteiger charge is 2.06. The zero-order valence-electron chi connectivity index (χ0n) is 8.81. The van der Waals surface area contributed by atoms with Crippen LogP contribution in [-0.4, -0.2) is 0 Å². The Hall–Kier alpha value is -0.480. The van der Waals surface area contributed by atoms with Gasteiger partial charge in [0, 0.05) is 10.9 Å². The Balaban J connectivity index is 2.23. The Morgan fingerprint density at radius 3 is 2.75 bits per heavy atom. The molecule has 2 rings (SSSR count). The number of hydrogen-bond acceptors (Lipinski definition) is 3. The highest BCUT2D eigenvalue weighted by molar-refractivity contribution is 8.01. The molecule has 0 amide bonds. The van der Waals surface area contributed by atoms with Gasteiger partial charge in [-0.3, -0.25) is 0 Å². The van der Waals surface area contributed by atoms with Crippen molar-refractivity contribution in [2.45, 2.75) is 22.1 Å². The molecule has 0 saturated carbocycles. The van der Waals surface area contributed by atoms with Crippen LogP contribution in [0.5, 0.6) is 0 Å². The van der Waals surface area contributed by atoms with Gasteiger partial charge in [-0.2, -0.15) is 0 Å². The Morgan fingerprint density at radius 1 is 1.38 bits per heavy atom. The zero-order valence-corrected chi connectivity index (χ0v) is 11.2. The second-order valence-electron chi connectivity index (χ2n) is 3.51. The summed E-state index contributed by atoms with van der Waals surface area (Å²) in [6, 6.07) is 10.2. The van der Waals surface area contributed by atoms with E-state index in [2.05, 4.69) is 11.4 Å². The maximum Gasteiger partial charge on any atom is 0.0646 e. The van der Waals surface area contributed by atoms with E-state index < -0.39 is 0 Å². The van der Waals surface area contributed by atoms with Gasteiger partial charge in [0.2, 0.25) is 0 Å². The molecule has 0 fully saturated rings. The predicted molar refractivity (Wildman–Crippen MR) is 72.5 cm³/mol. The van der Waals surface area contributed by atoms with Gasteiger partial charge < -0.3 is 5.73 Å².